The van der Waals surface area contributed by atoms with Crippen LogP contribution in [0.1, 0.15) is 11.3 Å². The fourth-order valence-corrected chi connectivity index (χ4v) is 3.40. The van der Waals surface area contributed by atoms with Crippen LogP contribution in [0, 0.1) is 13.8 Å². The second-order valence-electron chi connectivity index (χ2n) is 5.58. The third-order valence-electron chi connectivity index (χ3n) is 3.65. The highest BCUT2D eigenvalue weighted by molar-refractivity contribution is 8.00. The smallest absolute Gasteiger partial charge is 0.234 e. The molecule has 3 nitrogen and oxygen atoms in total. The number of nitrogens with one attached hydrogen (secondary N) is 1. The topological polar surface area (TPSA) is 42.0 Å². The first kappa shape index (κ1) is 16.8. The number of aryl methyl sites for hydroxylation is 2. The van der Waals surface area contributed by atoms with Crippen molar-refractivity contribution < 1.29 is 4.79 Å². The molecular formula is C19H17ClN2OS. The summed E-state index contributed by atoms with van der Waals surface area (Å²) < 4.78 is 0. The van der Waals surface area contributed by atoms with E-state index >= 15 is 0 Å². The summed E-state index contributed by atoms with van der Waals surface area (Å²) in [5.74, 6) is 0.260. The van der Waals surface area contributed by atoms with Crippen LogP contribution in [0.15, 0.2) is 53.4 Å². The van der Waals surface area contributed by atoms with Crippen LogP contribution in [0.3, 0.4) is 0 Å². The molecule has 5 heteroatoms. The fraction of sp³-hybridized carbons (Fsp3) is 0.158. The van der Waals surface area contributed by atoms with Crippen molar-refractivity contribution in [1.82, 2.24) is 4.98 Å². The maximum absolute atomic E-state index is 12.3. The molecule has 24 heavy (non-hydrogen) atoms. The van der Waals surface area contributed by atoms with Crippen LogP contribution >= 0.6 is 23.4 Å². The minimum absolute atomic E-state index is 0.0602. The van der Waals surface area contributed by atoms with Gasteiger partial charge < -0.3 is 5.32 Å². The van der Waals surface area contributed by atoms with E-state index in [1.54, 1.807) is 6.07 Å². The van der Waals surface area contributed by atoms with Gasteiger partial charge in [0.2, 0.25) is 5.91 Å². The van der Waals surface area contributed by atoms with E-state index in [9.17, 15) is 4.79 Å². The number of fused-ring (bicyclic) bond motifs is 1. The summed E-state index contributed by atoms with van der Waals surface area (Å²) in [6, 6.07) is 15.5. The third-order valence-corrected chi connectivity index (χ3v) is 4.94. The maximum Gasteiger partial charge on any atom is 0.234 e. The van der Waals surface area contributed by atoms with Crippen molar-refractivity contribution in [3.63, 3.8) is 0 Å². The van der Waals surface area contributed by atoms with Crippen LogP contribution in [0.25, 0.3) is 10.9 Å². The normalized spacial score (nSPS) is 10.8. The second-order valence-corrected chi connectivity index (χ2v) is 7.03. The Balaban J connectivity index is 1.73. The molecule has 0 aliphatic heterocycles. The highest BCUT2D eigenvalue weighted by atomic mass is 35.5. The molecule has 0 aliphatic carbocycles. The Bertz CT molecular complexity index is 911. The molecule has 0 spiro atoms. The first-order chi connectivity index (χ1) is 11.5. The van der Waals surface area contributed by atoms with Gasteiger partial charge in [-0.3, -0.25) is 9.78 Å². The Morgan fingerprint density at radius 3 is 2.83 bits per heavy atom. The fourth-order valence-electron chi connectivity index (χ4n) is 2.39. The largest absolute Gasteiger partial charge is 0.325 e. The molecule has 3 rings (SSSR count). The zero-order valence-corrected chi connectivity index (χ0v) is 15.0. The molecule has 0 unspecified atom stereocenters. The molecule has 1 heterocycles. The summed E-state index contributed by atoms with van der Waals surface area (Å²) in [6.07, 6.45) is 0. The first-order valence-electron chi connectivity index (χ1n) is 7.58. The number of nitrogens with zero attached hydrogens (tertiary/aromatic N) is 1. The Morgan fingerprint density at radius 2 is 2.00 bits per heavy atom. The van der Waals surface area contributed by atoms with E-state index < -0.39 is 0 Å². The molecule has 1 aromatic heterocycles. The number of amides is 1. The van der Waals surface area contributed by atoms with Crippen molar-refractivity contribution in [2.75, 3.05) is 11.1 Å². The number of carbonyl (C=O) groups is 1. The quantitative estimate of drug-likeness (QED) is 0.650. The number of pyridine rings is 1. The highest BCUT2D eigenvalue weighted by Crippen LogP contribution is 2.27. The van der Waals surface area contributed by atoms with E-state index in [0.29, 0.717) is 10.8 Å². The Morgan fingerprint density at radius 1 is 1.17 bits per heavy atom. The molecule has 2 aromatic carbocycles. The molecule has 122 valence electrons. The van der Waals surface area contributed by atoms with E-state index in [2.05, 4.69) is 16.4 Å². The number of aromatic nitrogens is 1. The van der Waals surface area contributed by atoms with Crippen LogP contribution in [-0.4, -0.2) is 16.6 Å². The molecule has 1 amide bonds. The van der Waals surface area contributed by atoms with Gasteiger partial charge in [-0.05, 0) is 43.7 Å². The minimum atomic E-state index is -0.0602. The third kappa shape index (κ3) is 3.89. The number of halogens is 1. The van der Waals surface area contributed by atoms with Crippen molar-refractivity contribution in [2.24, 2.45) is 0 Å². The van der Waals surface area contributed by atoms with Gasteiger partial charge in [0.25, 0.3) is 0 Å². The van der Waals surface area contributed by atoms with Crippen LogP contribution < -0.4 is 5.32 Å². The van der Waals surface area contributed by atoms with Gasteiger partial charge in [-0.15, -0.1) is 11.8 Å². The van der Waals surface area contributed by atoms with Crippen molar-refractivity contribution in [2.45, 2.75) is 18.7 Å². The number of para-hydroxylation sites is 1. The minimum Gasteiger partial charge on any atom is -0.325 e. The molecule has 0 saturated heterocycles. The summed E-state index contributed by atoms with van der Waals surface area (Å²) in [6.45, 7) is 3.91. The average Bonchev–Trinajstić information content (AvgIpc) is 2.56. The number of carbonyl (C=O) groups excluding carboxylic acids is 1. The average molecular weight is 357 g/mol. The lowest BCUT2D eigenvalue weighted by Crippen LogP contribution is -2.14. The standard InChI is InChI=1S/C19H17ClN2OS/c1-12-6-9-15(20)10-16(12)22-18(23)11-24-17-5-3-4-14-8-7-13(2)21-19(14)17/h3-10H,11H2,1-2H3,(H,22,23). The summed E-state index contributed by atoms with van der Waals surface area (Å²) in [5.41, 5.74) is 3.64. The lowest BCUT2D eigenvalue weighted by Gasteiger charge is -2.09. The van der Waals surface area contributed by atoms with Crippen molar-refractivity contribution >= 4 is 45.9 Å². The lowest BCUT2D eigenvalue weighted by atomic mass is 10.2. The predicted octanol–water partition coefficient (Wildman–Crippen LogP) is 5.24. The van der Waals surface area contributed by atoms with E-state index in [0.717, 1.165) is 32.7 Å². The van der Waals surface area contributed by atoms with Gasteiger partial charge in [0.15, 0.2) is 0 Å². The monoisotopic (exact) mass is 356 g/mol. The molecule has 0 radical (unpaired) electrons. The van der Waals surface area contributed by atoms with Gasteiger partial charge >= 0.3 is 0 Å². The maximum atomic E-state index is 12.3. The number of anilines is 1. The van der Waals surface area contributed by atoms with Crippen LogP contribution in [0.4, 0.5) is 5.69 Å². The molecule has 0 aliphatic rings. The molecule has 0 saturated carbocycles. The summed E-state index contributed by atoms with van der Waals surface area (Å²) in [7, 11) is 0. The van der Waals surface area contributed by atoms with Gasteiger partial charge in [0.1, 0.15) is 0 Å². The summed E-state index contributed by atoms with van der Waals surface area (Å²) in [4.78, 5) is 17.9. The Kier molecular flexibility index (Phi) is 5.07. The molecule has 3 aromatic rings. The van der Waals surface area contributed by atoms with Gasteiger partial charge in [-0.1, -0.05) is 35.9 Å². The van der Waals surface area contributed by atoms with Crippen LogP contribution in [0.2, 0.25) is 5.02 Å². The zero-order chi connectivity index (χ0) is 17.1. The number of hydrogen-bond acceptors (Lipinski definition) is 3. The number of rotatable bonds is 4. The van der Waals surface area contributed by atoms with Gasteiger partial charge in [0, 0.05) is 26.7 Å². The second kappa shape index (κ2) is 7.24. The molecule has 1 N–H and O–H groups in total. The van der Waals surface area contributed by atoms with E-state index in [1.807, 2.05) is 50.2 Å². The number of thioether (sulfide) groups is 1. The SMILES string of the molecule is Cc1ccc2cccc(SCC(=O)Nc3cc(Cl)ccc3C)c2n1. The predicted molar refractivity (Wildman–Crippen MR) is 102 cm³/mol. The van der Waals surface area contributed by atoms with Crippen molar-refractivity contribution in [3.05, 3.63) is 64.8 Å². The van der Waals surface area contributed by atoms with Crippen molar-refractivity contribution in [1.29, 1.82) is 0 Å². The summed E-state index contributed by atoms with van der Waals surface area (Å²) in [5, 5.41) is 4.60. The molecule has 0 fully saturated rings. The lowest BCUT2D eigenvalue weighted by molar-refractivity contribution is -0.113. The van der Waals surface area contributed by atoms with Gasteiger partial charge in [-0.25, -0.2) is 0 Å². The molecule has 0 bridgehead atoms. The first-order valence-corrected chi connectivity index (χ1v) is 8.94. The van der Waals surface area contributed by atoms with Gasteiger partial charge in [0.05, 0.1) is 11.3 Å². The highest BCUT2D eigenvalue weighted by Gasteiger charge is 2.09. The number of benzene rings is 2. The van der Waals surface area contributed by atoms with Crippen LogP contribution in [0.5, 0.6) is 0 Å². The van der Waals surface area contributed by atoms with E-state index in [-0.39, 0.29) is 5.91 Å². The van der Waals surface area contributed by atoms with E-state index in [4.69, 9.17) is 11.6 Å². The molecular weight excluding hydrogens is 340 g/mol. The van der Waals surface area contributed by atoms with Crippen molar-refractivity contribution in [3.8, 4) is 0 Å². The van der Waals surface area contributed by atoms with E-state index in [1.165, 1.54) is 11.8 Å². The number of hydrogen-bond donors (Lipinski definition) is 1. The van der Waals surface area contributed by atoms with Gasteiger partial charge in [-0.2, -0.15) is 0 Å². The zero-order valence-electron chi connectivity index (χ0n) is 13.5. The molecule has 0 atom stereocenters. The van der Waals surface area contributed by atoms with Crippen LogP contribution in [-0.2, 0) is 4.79 Å². The summed E-state index contributed by atoms with van der Waals surface area (Å²) >= 11 is 7.48. The Hall–Kier alpha value is -2.04. The Labute approximate surface area is 150 Å².